The number of benzene rings is 5. The van der Waals surface area contributed by atoms with Crippen LogP contribution < -0.4 is 15.1 Å². The molecule has 0 spiro atoms. The Hall–Kier alpha value is -3.98. The number of rotatable bonds is 1. The molecular formula is C28H19BN2. The molecule has 0 atom stereocenters. The third-order valence-corrected chi connectivity index (χ3v) is 6.58. The molecule has 0 aliphatic carbocycles. The van der Waals surface area contributed by atoms with Gasteiger partial charge in [0.05, 0.1) is 11.4 Å². The average molecular weight is 394 g/mol. The molecule has 0 amide bonds. The minimum Gasteiger partial charge on any atom is -0.360 e. The van der Waals surface area contributed by atoms with Gasteiger partial charge in [0.15, 0.2) is 0 Å². The highest BCUT2D eigenvalue weighted by atomic mass is 15.3. The van der Waals surface area contributed by atoms with Crippen molar-refractivity contribution in [3.8, 4) is 11.1 Å². The van der Waals surface area contributed by atoms with Crippen molar-refractivity contribution in [1.29, 1.82) is 0 Å². The van der Waals surface area contributed by atoms with E-state index < -0.39 is 0 Å². The predicted molar refractivity (Wildman–Crippen MR) is 132 cm³/mol. The lowest BCUT2D eigenvalue weighted by Gasteiger charge is -2.36. The lowest BCUT2D eigenvalue weighted by atomic mass is 9.59. The van der Waals surface area contributed by atoms with E-state index in [4.69, 9.17) is 0 Å². The van der Waals surface area contributed by atoms with Crippen LogP contribution in [0.25, 0.3) is 21.9 Å². The van der Waals surface area contributed by atoms with Crippen molar-refractivity contribution in [2.75, 3.05) is 9.62 Å². The molecule has 5 aromatic carbocycles. The number of hydrogen-bond donors (Lipinski definition) is 0. The molecule has 31 heavy (non-hydrogen) atoms. The summed E-state index contributed by atoms with van der Waals surface area (Å²) < 4.78 is 0. The molecule has 0 radical (unpaired) electrons. The van der Waals surface area contributed by atoms with Crippen molar-refractivity contribution < 1.29 is 0 Å². The average Bonchev–Trinajstić information content (AvgIpc) is 3.18. The molecule has 2 heterocycles. The van der Waals surface area contributed by atoms with E-state index in [1.807, 2.05) is 0 Å². The predicted octanol–water partition coefficient (Wildman–Crippen LogP) is 6.51. The van der Waals surface area contributed by atoms with Gasteiger partial charge in [-0.3, -0.25) is 0 Å². The minimum atomic E-state index is 0.0836. The first-order valence-corrected chi connectivity index (χ1v) is 10.7. The van der Waals surface area contributed by atoms with E-state index in [-0.39, 0.29) is 6.98 Å². The summed E-state index contributed by atoms with van der Waals surface area (Å²) in [6.07, 6.45) is 0. The van der Waals surface area contributed by atoms with E-state index in [1.54, 1.807) is 0 Å². The molecule has 2 aliphatic heterocycles. The monoisotopic (exact) mass is 394 g/mol. The van der Waals surface area contributed by atoms with E-state index in [0.29, 0.717) is 0 Å². The number of hydrogen-bond acceptors (Lipinski definition) is 2. The largest absolute Gasteiger partial charge is 0.421 e. The second-order valence-electron chi connectivity index (χ2n) is 8.24. The lowest BCUT2D eigenvalue weighted by Crippen LogP contribution is -2.55. The SMILES string of the molecule is c1ccc(N2B3c4ccccc4-c4ccccc4N3c3cc4ccccc4cc32)cc1. The zero-order valence-electron chi connectivity index (χ0n) is 16.9. The second-order valence-corrected chi connectivity index (χ2v) is 8.24. The molecule has 0 aromatic heterocycles. The quantitative estimate of drug-likeness (QED) is 0.299. The maximum absolute atomic E-state index is 2.52. The molecule has 0 saturated carbocycles. The maximum Gasteiger partial charge on any atom is 0.421 e. The van der Waals surface area contributed by atoms with Gasteiger partial charge in [0.2, 0.25) is 0 Å². The van der Waals surface area contributed by atoms with Crippen molar-refractivity contribution in [2.24, 2.45) is 0 Å². The van der Waals surface area contributed by atoms with Crippen LogP contribution in [-0.2, 0) is 0 Å². The van der Waals surface area contributed by atoms with Crippen LogP contribution in [0.2, 0.25) is 0 Å². The Balaban J connectivity index is 1.60. The summed E-state index contributed by atoms with van der Waals surface area (Å²) in [4.78, 5) is 5.02. The highest BCUT2D eigenvalue weighted by Gasteiger charge is 2.47. The van der Waals surface area contributed by atoms with Gasteiger partial charge >= 0.3 is 6.98 Å². The van der Waals surface area contributed by atoms with Crippen molar-refractivity contribution in [2.45, 2.75) is 0 Å². The summed E-state index contributed by atoms with van der Waals surface area (Å²) in [5.41, 5.74) is 8.93. The zero-order valence-corrected chi connectivity index (χ0v) is 16.9. The lowest BCUT2D eigenvalue weighted by molar-refractivity contribution is 1.38. The number of para-hydroxylation sites is 2. The normalized spacial score (nSPS) is 13.6. The first-order valence-electron chi connectivity index (χ1n) is 10.7. The van der Waals surface area contributed by atoms with E-state index in [0.717, 1.165) is 0 Å². The molecule has 2 nitrogen and oxygen atoms in total. The molecular weight excluding hydrogens is 375 g/mol. The minimum absolute atomic E-state index is 0.0836. The van der Waals surface area contributed by atoms with Gasteiger partial charge in [-0.15, -0.1) is 0 Å². The van der Waals surface area contributed by atoms with Crippen LogP contribution in [0.3, 0.4) is 0 Å². The molecule has 144 valence electrons. The van der Waals surface area contributed by atoms with Crippen LogP contribution >= 0.6 is 0 Å². The van der Waals surface area contributed by atoms with Gasteiger partial charge < -0.3 is 9.62 Å². The van der Waals surface area contributed by atoms with Crippen molar-refractivity contribution in [1.82, 2.24) is 0 Å². The van der Waals surface area contributed by atoms with Crippen LogP contribution in [-0.4, -0.2) is 6.98 Å². The van der Waals surface area contributed by atoms with Crippen LogP contribution in [0.1, 0.15) is 0 Å². The molecule has 3 heteroatoms. The zero-order chi connectivity index (χ0) is 20.4. The molecule has 0 saturated heterocycles. The maximum atomic E-state index is 2.52. The van der Waals surface area contributed by atoms with E-state index in [1.165, 1.54) is 50.1 Å². The van der Waals surface area contributed by atoms with Crippen molar-refractivity contribution in [3.63, 3.8) is 0 Å². The standard InChI is InChI=1S/C28H19BN2/c1-2-12-22(13-3-1)30-27-18-20-10-4-5-11-21(20)19-28(27)31-26-17-9-7-15-24(26)23-14-6-8-16-25(23)29(30)31/h1-19H. The van der Waals surface area contributed by atoms with Crippen LogP contribution in [0.15, 0.2) is 115 Å². The van der Waals surface area contributed by atoms with E-state index in [2.05, 4.69) is 125 Å². The fourth-order valence-electron chi connectivity index (χ4n) is 5.27. The topological polar surface area (TPSA) is 6.48 Å². The highest BCUT2D eigenvalue weighted by molar-refractivity contribution is 6.86. The Morgan fingerprint density at radius 3 is 1.81 bits per heavy atom. The number of anilines is 4. The third kappa shape index (κ3) is 2.29. The van der Waals surface area contributed by atoms with Crippen LogP contribution in [0.5, 0.6) is 0 Å². The summed E-state index contributed by atoms with van der Waals surface area (Å²) in [7, 11) is 0. The molecule has 0 unspecified atom stereocenters. The van der Waals surface area contributed by atoms with Crippen LogP contribution in [0.4, 0.5) is 22.7 Å². The molecule has 0 fully saturated rings. The summed E-state index contributed by atoms with van der Waals surface area (Å²) >= 11 is 0. The number of nitrogens with zero attached hydrogens (tertiary/aromatic N) is 2. The van der Waals surface area contributed by atoms with E-state index in [9.17, 15) is 0 Å². The molecule has 7 rings (SSSR count). The summed E-state index contributed by atoms with van der Waals surface area (Å²) in [6.45, 7) is 0.0836. The van der Waals surface area contributed by atoms with Gasteiger partial charge in [0, 0.05) is 16.9 Å². The van der Waals surface area contributed by atoms with Gasteiger partial charge in [-0.1, -0.05) is 84.9 Å². The molecule has 0 N–H and O–H groups in total. The summed E-state index contributed by atoms with van der Waals surface area (Å²) in [6, 6.07) is 41.8. The molecule has 5 aromatic rings. The Bertz CT molecular complexity index is 1420. The van der Waals surface area contributed by atoms with Gasteiger partial charge in [0.25, 0.3) is 0 Å². The van der Waals surface area contributed by atoms with Crippen molar-refractivity contribution >= 4 is 46.0 Å². The Morgan fingerprint density at radius 1 is 0.452 bits per heavy atom. The highest BCUT2D eigenvalue weighted by Crippen LogP contribution is 2.51. The third-order valence-electron chi connectivity index (χ3n) is 6.58. The van der Waals surface area contributed by atoms with Gasteiger partial charge in [-0.05, 0) is 52.1 Å². The Morgan fingerprint density at radius 2 is 1.03 bits per heavy atom. The fraction of sp³-hybridized carbons (Fsp3) is 0. The van der Waals surface area contributed by atoms with Gasteiger partial charge in [0.1, 0.15) is 0 Å². The number of fused-ring (bicyclic) bond motifs is 9. The van der Waals surface area contributed by atoms with Crippen LogP contribution in [0, 0.1) is 0 Å². The van der Waals surface area contributed by atoms with Gasteiger partial charge in [-0.2, -0.15) is 0 Å². The summed E-state index contributed by atoms with van der Waals surface area (Å²) in [5.74, 6) is 0. The van der Waals surface area contributed by atoms with Gasteiger partial charge in [-0.25, -0.2) is 0 Å². The van der Waals surface area contributed by atoms with Crippen molar-refractivity contribution in [3.05, 3.63) is 115 Å². The Labute approximate surface area is 182 Å². The fourth-order valence-corrected chi connectivity index (χ4v) is 5.27. The molecule has 0 bridgehead atoms. The first kappa shape index (κ1) is 16.8. The smallest absolute Gasteiger partial charge is 0.360 e. The molecule has 2 aliphatic rings. The Kier molecular flexibility index (Phi) is 3.39. The second kappa shape index (κ2) is 6.26. The van der Waals surface area contributed by atoms with E-state index >= 15 is 0 Å². The summed E-state index contributed by atoms with van der Waals surface area (Å²) in [5, 5.41) is 2.54. The first-order chi connectivity index (χ1) is 15.4.